The summed E-state index contributed by atoms with van der Waals surface area (Å²) >= 11 is 0. The van der Waals surface area contributed by atoms with Crippen LogP contribution in [0.3, 0.4) is 0 Å². The van der Waals surface area contributed by atoms with Gasteiger partial charge in [-0.3, -0.25) is 14.9 Å². The van der Waals surface area contributed by atoms with Gasteiger partial charge in [-0.15, -0.1) is 0 Å². The second kappa shape index (κ2) is 7.78. The smallest absolute Gasteiger partial charge is 0.258 e. The van der Waals surface area contributed by atoms with Gasteiger partial charge >= 0.3 is 0 Å². The summed E-state index contributed by atoms with van der Waals surface area (Å²) in [6.07, 6.45) is 1.82. The Bertz CT molecular complexity index is 1570. The molecular weight excluding hydrogens is 412 g/mol. The number of aromatic nitrogens is 5. The SMILES string of the molecule is Cc1cc2c(cn1)cc(-c1cc(Nc3cc(-c4cc(C)[nH]c4C)[nH]n3)ccc1C)c(=O)n2C. The molecule has 0 spiro atoms. The van der Waals surface area contributed by atoms with Gasteiger partial charge in [0.2, 0.25) is 0 Å². The first-order chi connectivity index (χ1) is 15.8. The molecule has 4 aromatic heterocycles. The summed E-state index contributed by atoms with van der Waals surface area (Å²) in [5, 5.41) is 11.8. The molecule has 3 N–H and O–H groups in total. The number of nitrogens with one attached hydrogen (secondary N) is 3. The van der Waals surface area contributed by atoms with Gasteiger partial charge in [-0.05, 0) is 69.2 Å². The van der Waals surface area contributed by atoms with Gasteiger partial charge in [0.15, 0.2) is 5.82 Å². The summed E-state index contributed by atoms with van der Waals surface area (Å²) in [5.41, 5.74) is 9.40. The highest BCUT2D eigenvalue weighted by atomic mass is 16.1. The van der Waals surface area contributed by atoms with Crippen molar-refractivity contribution in [3.8, 4) is 22.4 Å². The molecule has 7 nitrogen and oxygen atoms in total. The summed E-state index contributed by atoms with van der Waals surface area (Å²) in [6.45, 7) is 8.02. The zero-order valence-electron chi connectivity index (χ0n) is 19.4. The maximum Gasteiger partial charge on any atom is 0.258 e. The topological polar surface area (TPSA) is 91.4 Å². The van der Waals surface area contributed by atoms with Crippen LogP contribution in [0.25, 0.3) is 33.3 Å². The molecule has 0 radical (unpaired) electrons. The largest absolute Gasteiger partial charge is 0.362 e. The number of aryl methyl sites for hydroxylation is 5. The van der Waals surface area contributed by atoms with Gasteiger partial charge in [0.05, 0.1) is 11.2 Å². The molecule has 0 unspecified atom stereocenters. The fourth-order valence-electron chi connectivity index (χ4n) is 4.32. The number of H-pyrrole nitrogens is 2. The highest BCUT2D eigenvalue weighted by Crippen LogP contribution is 2.29. The van der Waals surface area contributed by atoms with Crippen molar-refractivity contribution in [3.05, 3.63) is 81.7 Å². The summed E-state index contributed by atoms with van der Waals surface area (Å²) in [6, 6.07) is 14.0. The van der Waals surface area contributed by atoms with Gasteiger partial charge in [0.1, 0.15) is 0 Å². The van der Waals surface area contributed by atoms with Gasteiger partial charge in [-0.1, -0.05) is 6.07 Å². The van der Waals surface area contributed by atoms with Crippen LogP contribution < -0.4 is 10.9 Å². The number of benzene rings is 1. The molecule has 0 bridgehead atoms. The summed E-state index contributed by atoms with van der Waals surface area (Å²) in [5.74, 6) is 0.712. The minimum absolute atomic E-state index is 0.0336. The lowest BCUT2D eigenvalue weighted by Gasteiger charge is -2.13. The predicted molar refractivity (Wildman–Crippen MR) is 133 cm³/mol. The second-order valence-corrected chi connectivity index (χ2v) is 8.62. The molecule has 0 atom stereocenters. The zero-order chi connectivity index (χ0) is 23.3. The van der Waals surface area contributed by atoms with Crippen LogP contribution >= 0.6 is 0 Å². The van der Waals surface area contributed by atoms with Crippen LogP contribution in [0.15, 0.2) is 53.5 Å². The number of aromatic amines is 2. The van der Waals surface area contributed by atoms with E-state index in [4.69, 9.17) is 0 Å². The molecule has 0 aliphatic heterocycles. The molecule has 0 aliphatic carbocycles. The number of hydrogen-bond acceptors (Lipinski definition) is 4. The van der Waals surface area contributed by atoms with Crippen molar-refractivity contribution in [1.82, 2.24) is 24.7 Å². The predicted octanol–water partition coefficient (Wildman–Crippen LogP) is 5.30. The Balaban J connectivity index is 1.52. The minimum Gasteiger partial charge on any atom is -0.362 e. The lowest BCUT2D eigenvalue weighted by molar-refractivity contribution is 0.905. The Hall–Kier alpha value is -4.13. The van der Waals surface area contributed by atoms with Crippen LogP contribution in [0, 0.1) is 27.7 Å². The Morgan fingerprint density at radius 2 is 1.76 bits per heavy atom. The minimum atomic E-state index is -0.0336. The van der Waals surface area contributed by atoms with Gasteiger partial charge in [0, 0.05) is 58.6 Å². The van der Waals surface area contributed by atoms with Crippen LogP contribution in [0.2, 0.25) is 0 Å². The Kier molecular flexibility index (Phi) is 4.89. The van der Waals surface area contributed by atoms with E-state index >= 15 is 0 Å². The van der Waals surface area contributed by atoms with Gasteiger partial charge < -0.3 is 14.9 Å². The highest BCUT2D eigenvalue weighted by molar-refractivity contribution is 5.85. The van der Waals surface area contributed by atoms with E-state index in [9.17, 15) is 4.79 Å². The zero-order valence-corrected chi connectivity index (χ0v) is 19.4. The number of fused-ring (bicyclic) bond motifs is 1. The first kappa shape index (κ1) is 20.8. The molecule has 1 aromatic carbocycles. The fourth-order valence-corrected chi connectivity index (χ4v) is 4.32. The number of hydrogen-bond donors (Lipinski definition) is 3. The van der Waals surface area contributed by atoms with Crippen LogP contribution in [0.1, 0.15) is 22.6 Å². The first-order valence-corrected chi connectivity index (χ1v) is 10.9. The molecule has 0 fully saturated rings. The summed E-state index contributed by atoms with van der Waals surface area (Å²) in [4.78, 5) is 20.9. The van der Waals surface area contributed by atoms with Crippen molar-refractivity contribution in [3.63, 3.8) is 0 Å². The van der Waals surface area contributed by atoms with Crippen LogP contribution in [0.4, 0.5) is 11.5 Å². The third-order valence-corrected chi connectivity index (χ3v) is 6.06. The lowest BCUT2D eigenvalue weighted by Crippen LogP contribution is -2.19. The standard InChI is InChI=1S/C26H26N6O/c1-14-6-7-19(29-25-12-23(30-31-25)21-8-16(3)28-17(21)4)11-20(14)22-10-18-13-27-15(2)9-24(18)32(5)26(22)33/h6-13,28H,1-5H3,(H2,29,30,31). The second-order valence-electron chi connectivity index (χ2n) is 8.62. The molecule has 4 heterocycles. The number of nitrogens with zero attached hydrogens (tertiary/aromatic N) is 3. The van der Waals surface area contributed by atoms with E-state index in [0.29, 0.717) is 11.4 Å². The van der Waals surface area contributed by atoms with Crippen molar-refractivity contribution in [1.29, 1.82) is 0 Å². The molecule has 33 heavy (non-hydrogen) atoms. The monoisotopic (exact) mass is 438 g/mol. The van der Waals surface area contributed by atoms with E-state index in [2.05, 4.69) is 31.5 Å². The lowest BCUT2D eigenvalue weighted by atomic mass is 9.99. The molecule has 0 aliphatic rings. The number of rotatable bonds is 4. The molecule has 7 heteroatoms. The molecular formula is C26H26N6O. The van der Waals surface area contributed by atoms with Gasteiger partial charge in [-0.25, -0.2) is 0 Å². The van der Waals surface area contributed by atoms with E-state index in [1.54, 1.807) is 11.6 Å². The van der Waals surface area contributed by atoms with Crippen molar-refractivity contribution >= 4 is 22.4 Å². The third-order valence-electron chi connectivity index (χ3n) is 6.06. The Labute approximate surface area is 191 Å². The molecule has 0 saturated carbocycles. The van der Waals surface area contributed by atoms with Crippen molar-refractivity contribution in [2.75, 3.05) is 5.32 Å². The molecule has 166 valence electrons. The highest BCUT2D eigenvalue weighted by Gasteiger charge is 2.14. The summed E-state index contributed by atoms with van der Waals surface area (Å²) < 4.78 is 1.69. The average Bonchev–Trinajstić information content (AvgIpc) is 3.38. The molecule has 5 aromatic rings. The number of anilines is 2. The molecule has 0 amide bonds. The quantitative estimate of drug-likeness (QED) is 0.355. The van der Waals surface area contributed by atoms with Crippen molar-refractivity contribution in [2.45, 2.75) is 27.7 Å². The number of pyridine rings is 2. The first-order valence-electron chi connectivity index (χ1n) is 10.9. The van der Waals surface area contributed by atoms with Gasteiger partial charge in [-0.2, -0.15) is 5.10 Å². The van der Waals surface area contributed by atoms with E-state index in [-0.39, 0.29) is 5.56 Å². The van der Waals surface area contributed by atoms with Crippen LogP contribution in [-0.2, 0) is 7.05 Å². The molecule has 0 saturated heterocycles. The van der Waals surface area contributed by atoms with Crippen LogP contribution in [-0.4, -0.2) is 24.7 Å². The fraction of sp³-hybridized carbons (Fsp3) is 0.192. The van der Waals surface area contributed by atoms with Crippen molar-refractivity contribution in [2.24, 2.45) is 7.05 Å². The van der Waals surface area contributed by atoms with Crippen molar-refractivity contribution < 1.29 is 0 Å². The molecule has 5 rings (SSSR count). The maximum absolute atomic E-state index is 13.2. The van der Waals surface area contributed by atoms with E-state index in [0.717, 1.165) is 56.1 Å². The van der Waals surface area contributed by atoms with E-state index in [1.165, 1.54) is 0 Å². The normalized spacial score (nSPS) is 11.3. The Morgan fingerprint density at radius 3 is 2.52 bits per heavy atom. The average molecular weight is 439 g/mol. The van der Waals surface area contributed by atoms with Gasteiger partial charge in [0.25, 0.3) is 5.56 Å². The van der Waals surface area contributed by atoms with Crippen LogP contribution in [0.5, 0.6) is 0 Å². The maximum atomic E-state index is 13.2. The summed E-state index contributed by atoms with van der Waals surface area (Å²) in [7, 11) is 1.81. The third kappa shape index (κ3) is 3.71. The van der Waals surface area contributed by atoms with E-state index in [1.807, 2.05) is 70.3 Å². The van der Waals surface area contributed by atoms with E-state index < -0.39 is 0 Å². The Morgan fingerprint density at radius 1 is 0.939 bits per heavy atom.